The highest BCUT2D eigenvalue weighted by Gasteiger charge is 2.34. The van der Waals surface area contributed by atoms with Crippen LogP contribution in [-0.4, -0.2) is 78.5 Å². The molecule has 1 aromatic carbocycles. The number of rotatable bonds is 6. The van der Waals surface area contributed by atoms with Crippen LogP contribution in [0.1, 0.15) is 12.6 Å². The largest absolute Gasteiger partial charge is 0.442 e. The molecule has 194 valence electrons. The summed E-state index contributed by atoms with van der Waals surface area (Å²) in [5.74, 6) is -2.01. The van der Waals surface area contributed by atoms with E-state index < -0.39 is 29.9 Å². The molecule has 1 atom stereocenters. The lowest BCUT2D eigenvalue weighted by Gasteiger charge is -2.25. The van der Waals surface area contributed by atoms with E-state index in [-0.39, 0.29) is 63.2 Å². The van der Waals surface area contributed by atoms with Crippen LogP contribution in [-0.2, 0) is 16.1 Å². The average Bonchev–Trinajstić information content (AvgIpc) is 3.36. The lowest BCUT2D eigenvalue weighted by molar-refractivity contribution is -0.119. The first kappa shape index (κ1) is 25.5. The Morgan fingerprint density at radius 1 is 1.28 bits per heavy atom. The second kappa shape index (κ2) is 11.0. The highest BCUT2D eigenvalue weighted by Crippen LogP contribution is 2.31. The Balaban J connectivity index is 1.40. The van der Waals surface area contributed by atoms with Crippen molar-refractivity contribution in [1.82, 2.24) is 20.7 Å². The number of thiazole rings is 1. The van der Waals surface area contributed by atoms with E-state index in [0.717, 1.165) is 17.0 Å². The van der Waals surface area contributed by atoms with Crippen molar-refractivity contribution < 1.29 is 33.0 Å². The minimum Gasteiger partial charge on any atom is -0.442 e. The molecule has 2 aliphatic heterocycles. The summed E-state index contributed by atoms with van der Waals surface area (Å²) in [5.41, 5.74) is 3.08. The molecule has 15 heteroatoms. The number of halogens is 2. The Bertz CT molecular complexity index is 1130. The molecule has 3 heterocycles. The number of benzene rings is 1. The third-order valence-electron chi connectivity index (χ3n) is 5.53. The Morgan fingerprint density at radius 3 is 2.69 bits per heavy atom. The summed E-state index contributed by atoms with van der Waals surface area (Å²) in [6.45, 7) is 1.92. The third-order valence-corrected chi connectivity index (χ3v) is 6.34. The Hall–Kier alpha value is -3.56. The quantitative estimate of drug-likeness (QED) is 0.442. The van der Waals surface area contributed by atoms with Gasteiger partial charge in [-0.25, -0.2) is 28.8 Å². The number of carbonyl (C=O) groups excluding carboxylic acids is 3. The van der Waals surface area contributed by atoms with Gasteiger partial charge in [-0.05, 0) is 0 Å². The number of nitrogens with zero attached hydrogens (tertiary/aromatic N) is 4. The first-order valence-corrected chi connectivity index (χ1v) is 12.0. The number of nitrogens with one attached hydrogen (secondary N) is 3. The van der Waals surface area contributed by atoms with Gasteiger partial charge in [0.05, 0.1) is 37.6 Å². The van der Waals surface area contributed by atoms with Crippen LogP contribution in [0.2, 0.25) is 0 Å². The molecular weight excluding hydrogens is 500 g/mol. The molecule has 4 amide bonds. The lowest BCUT2D eigenvalue weighted by Crippen LogP contribution is -2.46. The van der Waals surface area contributed by atoms with Gasteiger partial charge in [0.1, 0.15) is 11.8 Å². The second-order valence-electron chi connectivity index (χ2n) is 8.09. The lowest BCUT2D eigenvalue weighted by atomic mass is 10.2. The van der Waals surface area contributed by atoms with Gasteiger partial charge in [0.2, 0.25) is 5.91 Å². The number of cyclic esters (lactones) is 1. The van der Waals surface area contributed by atoms with E-state index in [4.69, 9.17) is 9.84 Å². The van der Waals surface area contributed by atoms with Crippen molar-refractivity contribution in [2.45, 2.75) is 19.6 Å². The number of urea groups is 1. The van der Waals surface area contributed by atoms with Crippen molar-refractivity contribution in [2.75, 3.05) is 54.4 Å². The maximum atomic E-state index is 15.1. The SMILES string of the molecule is CC(=O)NCC1CN(c2cc(F)c(N3CCNN(C(=O)Nc4nc(CO)cs4)CC3)c(F)c2)C(=O)O1. The average molecular weight is 526 g/mol. The third kappa shape index (κ3) is 5.80. The van der Waals surface area contributed by atoms with Gasteiger partial charge < -0.3 is 20.1 Å². The number of aliphatic hydroxyl groups is 1. The van der Waals surface area contributed by atoms with Crippen molar-refractivity contribution >= 4 is 45.9 Å². The summed E-state index contributed by atoms with van der Waals surface area (Å²) in [7, 11) is 0. The Labute approximate surface area is 208 Å². The van der Waals surface area contributed by atoms with Gasteiger partial charge in [-0.2, -0.15) is 0 Å². The van der Waals surface area contributed by atoms with Crippen LogP contribution >= 0.6 is 11.3 Å². The zero-order valence-electron chi connectivity index (χ0n) is 19.3. The summed E-state index contributed by atoms with van der Waals surface area (Å²) < 4.78 is 35.3. The van der Waals surface area contributed by atoms with Crippen LogP contribution in [0.4, 0.5) is 34.9 Å². The molecule has 2 saturated heterocycles. The summed E-state index contributed by atoms with van der Waals surface area (Å²) in [6.07, 6.45) is -1.40. The fourth-order valence-corrected chi connectivity index (χ4v) is 4.52. The first-order chi connectivity index (χ1) is 17.2. The molecule has 4 N–H and O–H groups in total. The number of hydrazine groups is 1. The first-order valence-electron chi connectivity index (χ1n) is 11.1. The van der Waals surface area contributed by atoms with Crippen LogP contribution in [0.25, 0.3) is 0 Å². The Morgan fingerprint density at radius 2 is 2.03 bits per heavy atom. The van der Waals surface area contributed by atoms with Gasteiger partial charge in [-0.15, -0.1) is 11.3 Å². The van der Waals surface area contributed by atoms with Gasteiger partial charge in [-0.3, -0.25) is 20.0 Å². The normalized spacial score (nSPS) is 18.2. The molecule has 1 unspecified atom stereocenters. The number of anilines is 3. The number of aromatic nitrogens is 1. The van der Waals surface area contributed by atoms with E-state index in [9.17, 15) is 14.4 Å². The highest BCUT2D eigenvalue weighted by molar-refractivity contribution is 7.13. The van der Waals surface area contributed by atoms with Crippen LogP contribution in [0.5, 0.6) is 0 Å². The minimum absolute atomic E-state index is 0.00345. The summed E-state index contributed by atoms with van der Waals surface area (Å²) in [5, 5.41) is 17.5. The highest BCUT2D eigenvalue weighted by atomic mass is 32.1. The zero-order valence-corrected chi connectivity index (χ0v) is 20.1. The monoisotopic (exact) mass is 525 g/mol. The minimum atomic E-state index is -0.861. The predicted octanol–water partition coefficient (Wildman–Crippen LogP) is 1.23. The summed E-state index contributed by atoms with van der Waals surface area (Å²) in [6, 6.07) is 1.63. The van der Waals surface area contributed by atoms with Crippen molar-refractivity contribution in [3.8, 4) is 0 Å². The van der Waals surface area contributed by atoms with Gasteiger partial charge in [0, 0.05) is 44.1 Å². The van der Waals surface area contributed by atoms with E-state index in [1.807, 2.05) is 0 Å². The maximum absolute atomic E-state index is 15.1. The topological polar surface area (TPSA) is 139 Å². The summed E-state index contributed by atoms with van der Waals surface area (Å²) >= 11 is 1.17. The van der Waals surface area contributed by atoms with Crippen molar-refractivity contribution in [3.05, 3.63) is 34.8 Å². The van der Waals surface area contributed by atoms with E-state index in [2.05, 4.69) is 21.0 Å². The molecule has 2 aliphatic rings. The predicted molar refractivity (Wildman–Crippen MR) is 127 cm³/mol. The fraction of sp³-hybridized carbons (Fsp3) is 0.429. The van der Waals surface area contributed by atoms with Crippen LogP contribution in [0.3, 0.4) is 0 Å². The molecular formula is C21H25F2N7O5S. The molecule has 0 bridgehead atoms. The van der Waals surface area contributed by atoms with Crippen LogP contribution in [0.15, 0.2) is 17.5 Å². The van der Waals surface area contributed by atoms with Crippen LogP contribution in [0, 0.1) is 11.6 Å². The number of carbonyl (C=O) groups is 3. The van der Waals surface area contributed by atoms with E-state index in [1.165, 1.54) is 28.2 Å². The molecule has 12 nitrogen and oxygen atoms in total. The van der Waals surface area contributed by atoms with Crippen molar-refractivity contribution in [3.63, 3.8) is 0 Å². The number of aliphatic hydroxyl groups excluding tert-OH is 1. The van der Waals surface area contributed by atoms with Crippen molar-refractivity contribution in [1.29, 1.82) is 0 Å². The number of hydrogen-bond donors (Lipinski definition) is 4. The van der Waals surface area contributed by atoms with Crippen LogP contribution < -0.4 is 25.9 Å². The van der Waals surface area contributed by atoms with E-state index in [0.29, 0.717) is 10.8 Å². The fourth-order valence-electron chi connectivity index (χ4n) is 3.83. The van der Waals surface area contributed by atoms with Gasteiger partial charge in [-0.1, -0.05) is 0 Å². The molecule has 0 aliphatic carbocycles. The smallest absolute Gasteiger partial charge is 0.414 e. The molecule has 0 spiro atoms. The second-order valence-corrected chi connectivity index (χ2v) is 8.95. The number of amides is 4. The number of ether oxygens (including phenoxy) is 1. The van der Waals surface area contributed by atoms with Crippen molar-refractivity contribution in [2.24, 2.45) is 0 Å². The molecule has 4 rings (SSSR count). The zero-order chi connectivity index (χ0) is 25.8. The van der Waals surface area contributed by atoms with Gasteiger partial charge >= 0.3 is 12.1 Å². The molecule has 36 heavy (non-hydrogen) atoms. The van der Waals surface area contributed by atoms with E-state index in [1.54, 1.807) is 5.38 Å². The Kier molecular flexibility index (Phi) is 7.81. The number of hydrogen-bond acceptors (Lipinski definition) is 9. The standard InChI is InChI=1S/C21H25F2N7O5S/c1-12(32)24-8-15-9-29(21(34)35-15)14-6-16(22)18(17(23)7-14)28-3-2-25-30(5-4-28)20(33)27-19-26-13(10-31)11-36-19/h6-7,11,15,25,31H,2-5,8-10H2,1H3,(H,24,32)(H,26,27,33). The molecule has 2 fully saturated rings. The summed E-state index contributed by atoms with van der Waals surface area (Å²) in [4.78, 5) is 42.5. The molecule has 0 saturated carbocycles. The molecule has 1 aromatic heterocycles. The molecule has 0 radical (unpaired) electrons. The van der Waals surface area contributed by atoms with E-state index >= 15 is 8.78 Å². The van der Waals surface area contributed by atoms with Gasteiger partial charge in [0.25, 0.3) is 0 Å². The molecule has 2 aromatic rings. The maximum Gasteiger partial charge on any atom is 0.414 e. The van der Waals surface area contributed by atoms with Gasteiger partial charge in [0.15, 0.2) is 16.8 Å².